The monoisotopic (exact) mass is 469 g/mol. The highest BCUT2D eigenvalue weighted by molar-refractivity contribution is 6.43. The average molecular weight is 470 g/mol. The summed E-state index contributed by atoms with van der Waals surface area (Å²) in [7, 11) is 1.72. The summed E-state index contributed by atoms with van der Waals surface area (Å²) in [5, 5.41) is 15.5. The van der Waals surface area contributed by atoms with Crippen molar-refractivity contribution in [1.82, 2.24) is 9.88 Å². The van der Waals surface area contributed by atoms with Crippen molar-refractivity contribution in [2.75, 3.05) is 5.32 Å². The molecule has 7 nitrogen and oxygen atoms in total. The van der Waals surface area contributed by atoms with E-state index in [0.29, 0.717) is 48.1 Å². The summed E-state index contributed by atoms with van der Waals surface area (Å²) in [4.78, 5) is 39.5. The van der Waals surface area contributed by atoms with Gasteiger partial charge in [0.1, 0.15) is 5.82 Å². The molecule has 3 N–H and O–H groups in total. The first-order valence-electron chi connectivity index (χ1n) is 11.8. The third kappa shape index (κ3) is 4.64. The number of nitrogens with zero attached hydrogens (tertiary/aromatic N) is 1. The van der Waals surface area contributed by atoms with Gasteiger partial charge in [-0.1, -0.05) is 0 Å². The van der Waals surface area contributed by atoms with Crippen molar-refractivity contribution in [1.29, 1.82) is 0 Å². The zero-order valence-electron chi connectivity index (χ0n) is 20.1. The van der Waals surface area contributed by atoms with Crippen LogP contribution in [-0.4, -0.2) is 38.9 Å². The van der Waals surface area contributed by atoms with E-state index in [9.17, 15) is 23.9 Å². The maximum atomic E-state index is 13.6. The van der Waals surface area contributed by atoms with Gasteiger partial charge in [0.2, 0.25) is 0 Å². The number of benzene rings is 1. The molecular weight excluding hydrogens is 437 g/mol. The number of Topliss-reactive ketones (excluding diaryl/α,β-unsaturated/α-hetero) is 1. The third-order valence-corrected chi connectivity index (χ3v) is 7.19. The summed E-state index contributed by atoms with van der Waals surface area (Å²) >= 11 is 0. The van der Waals surface area contributed by atoms with Gasteiger partial charge >= 0.3 is 0 Å². The van der Waals surface area contributed by atoms with Gasteiger partial charge in [0.05, 0.1) is 17.4 Å². The maximum absolute atomic E-state index is 13.6. The van der Waals surface area contributed by atoms with Crippen LogP contribution in [0.3, 0.4) is 0 Å². The zero-order valence-corrected chi connectivity index (χ0v) is 20.1. The van der Waals surface area contributed by atoms with E-state index in [0.717, 1.165) is 18.5 Å². The van der Waals surface area contributed by atoms with Gasteiger partial charge in [-0.25, -0.2) is 4.39 Å². The molecule has 0 aliphatic heterocycles. The number of carbonyl (C=O) groups excluding carboxylic acids is 3. The van der Waals surface area contributed by atoms with Gasteiger partial charge in [0, 0.05) is 29.9 Å². The van der Waals surface area contributed by atoms with Crippen LogP contribution in [0.5, 0.6) is 0 Å². The van der Waals surface area contributed by atoms with Crippen molar-refractivity contribution >= 4 is 23.3 Å². The number of aliphatic hydroxyl groups is 1. The molecule has 182 valence electrons. The van der Waals surface area contributed by atoms with Crippen LogP contribution in [0.1, 0.15) is 89.0 Å². The summed E-state index contributed by atoms with van der Waals surface area (Å²) in [5.74, 6) is -1.96. The van der Waals surface area contributed by atoms with Crippen LogP contribution in [0.2, 0.25) is 0 Å². The lowest BCUT2D eigenvalue weighted by atomic mass is 9.82. The number of aliphatic hydroxyl groups excluding tert-OH is 1. The van der Waals surface area contributed by atoms with E-state index in [1.807, 2.05) is 6.92 Å². The molecule has 0 saturated heterocycles. The van der Waals surface area contributed by atoms with Gasteiger partial charge in [-0.2, -0.15) is 0 Å². The van der Waals surface area contributed by atoms with Crippen LogP contribution >= 0.6 is 0 Å². The average Bonchev–Trinajstić information content (AvgIpc) is 3.57. The number of hydrogen-bond acceptors (Lipinski definition) is 4. The fraction of sp³-hybridized carbons (Fsp3) is 0.500. The number of anilines is 1. The van der Waals surface area contributed by atoms with Gasteiger partial charge in [-0.15, -0.1) is 0 Å². The second-order valence-electron chi connectivity index (χ2n) is 10.1. The normalized spacial score (nSPS) is 22.4. The Morgan fingerprint density at radius 3 is 2.35 bits per heavy atom. The summed E-state index contributed by atoms with van der Waals surface area (Å²) in [6.07, 6.45) is 3.79. The van der Waals surface area contributed by atoms with Crippen molar-refractivity contribution in [2.24, 2.45) is 7.05 Å². The van der Waals surface area contributed by atoms with E-state index in [2.05, 4.69) is 10.6 Å². The molecule has 34 heavy (non-hydrogen) atoms. The lowest BCUT2D eigenvalue weighted by Gasteiger charge is -2.36. The van der Waals surface area contributed by atoms with E-state index >= 15 is 0 Å². The van der Waals surface area contributed by atoms with Crippen molar-refractivity contribution < 1.29 is 23.9 Å². The zero-order chi connectivity index (χ0) is 24.8. The van der Waals surface area contributed by atoms with Crippen LogP contribution in [0.4, 0.5) is 10.1 Å². The Morgan fingerprint density at radius 2 is 1.76 bits per heavy atom. The Morgan fingerprint density at radius 1 is 1.12 bits per heavy atom. The van der Waals surface area contributed by atoms with Gasteiger partial charge in [0.25, 0.3) is 17.6 Å². The quantitative estimate of drug-likeness (QED) is 0.441. The molecule has 2 aliphatic carbocycles. The van der Waals surface area contributed by atoms with Crippen LogP contribution in [-0.2, 0) is 11.8 Å². The van der Waals surface area contributed by atoms with Crippen molar-refractivity contribution in [3.8, 4) is 0 Å². The first kappa shape index (κ1) is 24.1. The standard InChI is InChI=1S/C26H32FN3O4/c1-14-13-17(7-8-19(14)27)28-24(33)20-15(2)21(30(4)22(20)16-5-6-16)23(32)25(34)29-26(3)11-9-18(31)10-12-26/h7-8,13,16,18,31H,5-6,9-12H2,1-4H3,(H,28,33)(H,29,34). The lowest BCUT2D eigenvalue weighted by molar-refractivity contribution is -0.119. The number of hydrogen-bond donors (Lipinski definition) is 3. The van der Waals surface area contributed by atoms with E-state index in [-0.39, 0.29) is 29.4 Å². The Labute approximate surface area is 198 Å². The molecule has 0 radical (unpaired) electrons. The number of aromatic nitrogens is 1. The van der Waals surface area contributed by atoms with Crippen molar-refractivity contribution in [3.63, 3.8) is 0 Å². The largest absolute Gasteiger partial charge is 0.393 e. The number of carbonyl (C=O) groups is 3. The Bertz CT molecular complexity index is 1160. The predicted molar refractivity (Wildman–Crippen MR) is 127 cm³/mol. The second-order valence-corrected chi connectivity index (χ2v) is 10.1. The molecule has 1 aromatic heterocycles. The maximum Gasteiger partial charge on any atom is 0.294 e. The molecular formula is C26H32FN3O4. The second kappa shape index (κ2) is 8.98. The number of ketones is 1. The number of rotatable bonds is 6. The van der Waals surface area contributed by atoms with Crippen LogP contribution in [0.25, 0.3) is 0 Å². The SMILES string of the molecule is Cc1cc(NC(=O)c2c(C)c(C(=O)C(=O)NC3(C)CCC(O)CC3)n(C)c2C2CC2)ccc1F. The molecule has 0 unspecified atom stereocenters. The molecule has 8 heteroatoms. The van der Waals surface area contributed by atoms with Crippen LogP contribution < -0.4 is 10.6 Å². The molecule has 4 rings (SSSR count). The minimum atomic E-state index is -0.703. The van der Waals surface area contributed by atoms with Crippen LogP contribution in [0.15, 0.2) is 18.2 Å². The lowest BCUT2D eigenvalue weighted by Crippen LogP contribution is -2.51. The predicted octanol–water partition coefficient (Wildman–Crippen LogP) is 3.90. The molecule has 2 aliphatic rings. The van der Waals surface area contributed by atoms with Gasteiger partial charge in [-0.3, -0.25) is 14.4 Å². The van der Waals surface area contributed by atoms with Crippen LogP contribution in [0, 0.1) is 19.7 Å². The molecule has 2 aromatic rings. The molecule has 0 atom stereocenters. The van der Waals surface area contributed by atoms with Crippen molar-refractivity contribution in [2.45, 2.75) is 76.9 Å². The Balaban J connectivity index is 1.62. The first-order valence-corrected chi connectivity index (χ1v) is 11.8. The van der Waals surface area contributed by atoms with Crippen molar-refractivity contribution in [3.05, 3.63) is 52.1 Å². The molecule has 0 spiro atoms. The summed E-state index contributed by atoms with van der Waals surface area (Å²) in [6.45, 7) is 5.20. The van der Waals surface area contributed by atoms with E-state index < -0.39 is 17.2 Å². The summed E-state index contributed by atoms with van der Waals surface area (Å²) in [6, 6.07) is 4.36. The Kier molecular flexibility index (Phi) is 6.38. The van der Waals surface area contributed by atoms with E-state index in [1.165, 1.54) is 12.1 Å². The summed E-state index contributed by atoms with van der Waals surface area (Å²) < 4.78 is 15.3. The van der Waals surface area contributed by atoms with Gasteiger partial charge in [-0.05, 0) is 88.6 Å². The van der Waals surface area contributed by atoms with E-state index in [1.54, 1.807) is 31.5 Å². The number of nitrogens with one attached hydrogen (secondary N) is 2. The smallest absolute Gasteiger partial charge is 0.294 e. The molecule has 2 amide bonds. The first-order chi connectivity index (χ1) is 16.0. The molecule has 2 fully saturated rings. The number of aryl methyl sites for hydroxylation is 1. The van der Waals surface area contributed by atoms with E-state index in [4.69, 9.17) is 0 Å². The third-order valence-electron chi connectivity index (χ3n) is 7.19. The molecule has 1 aromatic carbocycles. The molecule has 1 heterocycles. The Hall–Kier alpha value is -3.00. The number of amides is 2. The highest BCUT2D eigenvalue weighted by Gasteiger charge is 2.39. The minimum absolute atomic E-state index is 0.154. The number of halogens is 1. The fourth-order valence-electron chi connectivity index (χ4n) is 5.01. The highest BCUT2D eigenvalue weighted by Crippen LogP contribution is 2.44. The minimum Gasteiger partial charge on any atom is -0.393 e. The van der Waals surface area contributed by atoms with Gasteiger partial charge < -0.3 is 20.3 Å². The summed E-state index contributed by atoms with van der Waals surface area (Å²) in [5.41, 5.74) is 2.15. The topological polar surface area (TPSA) is 100 Å². The highest BCUT2D eigenvalue weighted by atomic mass is 19.1. The van der Waals surface area contributed by atoms with Gasteiger partial charge in [0.15, 0.2) is 0 Å². The fourth-order valence-corrected chi connectivity index (χ4v) is 5.01. The molecule has 2 saturated carbocycles. The molecule has 0 bridgehead atoms.